The topological polar surface area (TPSA) is 63.2 Å². The van der Waals surface area contributed by atoms with Gasteiger partial charge in [-0.3, -0.25) is 4.79 Å². The van der Waals surface area contributed by atoms with Crippen molar-refractivity contribution in [3.8, 4) is 5.75 Å². The number of benzene rings is 1. The van der Waals surface area contributed by atoms with Crippen LogP contribution in [-0.4, -0.2) is 69.2 Å². The first-order valence-corrected chi connectivity index (χ1v) is 11.5. The lowest BCUT2D eigenvalue weighted by Crippen LogP contribution is -2.33. The number of hydrogen-bond acceptors (Lipinski definition) is 6. The molecule has 0 aliphatic carbocycles. The van der Waals surface area contributed by atoms with Crippen molar-refractivity contribution in [2.24, 2.45) is 0 Å². The molecule has 1 aliphatic heterocycles. The molecule has 7 heteroatoms. The van der Waals surface area contributed by atoms with Crippen LogP contribution in [0, 0.1) is 0 Å². The maximum atomic E-state index is 12.4. The Morgan fingerprint density at radius 1 is 1.00 bits per heavy atom. The van der Waals surface area contributed by atoms with Crippen molar-refractivity contribution in [3.63, 3.8) is 0 Å². The maximum Gasteiger partial charge on any atom is 0.211 e. The van der Waals surface area contributed by atoms with Crippen LogP contribution in [0.15, 0.2) is 24.3 Å². The summed E-state index contributed by atoms with van der Waals surface area (Å²) < 4.78 is 27.4. The molecule has 158 valence electrons. The molecular formula is C21H33O6S+. The van der Waals surface area contributed by atoms with Crippen molar-refractivity contribution in [2.75, 3.05) is 44.7 Å². The summed E-state index contributed by atoms with van der Waals surface area (Å²) in [7, 11) is 3.45. The van der Waals surface area contributed by atoms with Gasteiger partial charge >= 0.3 is 0 Å². The molecule has 0 aromatic heterocycles. The van der Waals surface area contributed by atoms with Crippen LogP contribution >= 0.6 is 0 Å². The highest BCUT2D eigenvalue weighted by molar-refractivity contribution is 7.97. The Kier molecular flexibility index (Phi) is 10.3. The van der Waals surface area contributed by atoms with Crippen molar-refractivity contribution in [1.29, 1.82) is 0 Å². The van der Waals surface area contributed by atoms with E-state index in [-0.39, 0.29) is 35.4 Å². The van der Waals surface area contributed by atoms with Crippen molar-refractivity contribution in [2.45, 2.75) is 45.4 Å². The molecule has 0 radical (unpaired) electrons. The molecule has 28 heavy (non-hydrogen) atoms. The molecule has 2 rings (SSSR count). The SMILES string of the molecule is COC(C)OCC(COc1ccc(C(=O)C[S+]2CCCC2)cc1)OC(C)OC. The number of ketones is 1. The summed E-state index contributed by atoms with van der Waals surface area (Å²) in [5.74, 6) is 4.02. The van der Waals surface area contributed by atoms with Gasteiger partial charge in [-0.15, -0.1) is 0 Å². The summed E-state index contributed by atoms with van der Waals surface area (Å²) in [5.41, 5.74) is 0.754. The monoisotopic (exact) mass is 413 g/mol. The van der Waals surface area contributed by atoms with Gasteiger partial charge in [0.2, 0.25) is 5.78 Å². The summed E-state index contributed by atoms with van der Waals surface area (Å²) in [6, 6.07) is 7.35. The minimum Gasteiger partial charge on any atom is -0.491 e. The van der Waals surface area contributed by atoms with Gasteiger partial charge in [0.25, 0.3) is 0 Å². The zero-order valence-corrected chi connectivity index (χ0v) is 18.2. The predicted octanol–water partition coefficient (Wildman–Crippen LogP) is 3.05. The molecule has 1 aromatic rings. The first-order chi connectivity index (χ1) is 13.5. The quantitative estimate of drug-likeness (QED) is 0.281. The van der Waals surface area contributed by atoms with Gasteiger partial charge in [-0.05, 0) is 61.8 Å². The minimum atomic E-state index is -0.369. The third-order valence-electron chi connectivity index (χ3n) is 4.63. The van der Waals surface area contributed by atoms with Crippen LogP contribution in [0.4, 0.5) is 0 Å². The van der Waals surface area contributed by atoms with Crippen molar-refractivity contribution in [1.82, 2.24) is 0 Å². The fourth-order valence-electron chi connectivity index (χ4n) is 2.82. The van der Waals surface area contributed by atoms with E-state index in [0.717, 1.165) is 5.56 Å². The molecule has 6 nitrogen and oxygen atoms in total. The van der Waals surface area contributed by atoms with Crippen molar-refractivity contribution in [3.05, 3.63) is 29.8 Å². The number of rotatable bonds is 13. The Morgan fingerprint density at radius 3 is 2.25 bits per heavy atom. The Bertz CT molecular complexity index is 573. The number of carbonyl (C=O) groups is 1. The molecule has 1 saturated heterocycles. The first kappa shape index (κ1) is 23.2. The highest BCUT2D eigenvalue weighted by Gasteiger charge is 2.27. The average Bonchev–Trinajstić information content (AvgIpc) is 3.22. The standard InChI is InChI=1S/C21H33O6S/c1-16(23-3)25-13-20(27-17(2)24-4)14-26-19-9-7-18(8-10-19)21(22)15-28-11-5-6-12-28/h7-10,16-17,20H,5-6,11-15H2,1-4H3/q+1. The number of Topliss-reactive ketones (excluding diaryl/α,β-unsaturated/α-hetero) is 1. The molecular weight excluding hydrogens is 380 g/mol. The van der Waals surface area contributed by atoms with Gasteiger partial charge in [-0.25, -0.2) is 0 Å². The van der Waals surface area contributed by atoms with Gasteiger partial charge in [0.1, 0.15) is 30.0 Å². The number of methoxy groups -OCH3 is 2. The second kappa shape index (κ2) is 12.4. The largest absolute Gasteiger partial charge is 0.491 e. The van der Waals surface area contributed by atoms with E-state index in [1.807, 2.05) is 38.1 Å². The summed E-state index contributed by atoms with van der Waals surface area (Å²) in [6.45, 7) is 4.26. The van der Waals surface area contributed by atoms with Gasteiger partial charge in [-0.2, -0.15) is 0 Å². The Balaban J connectivity index is 1.84. The van der Waals surface area contributed by atoms with Crippen LogP contribution in [0.5, 0.6) is 5.75 Å². The highest BCUT2D eigenvalue weighted by atomic mass is 32.2. The Hall–Kier alpha value is -1.12. The van der Waals surface area contributed by atoms with Gasteiger partial charge < -0.3 is 23.7 Å². The van der Waals surface area contributed by atoms with E-state index in [0.29, 0.717) is 24.7 Å². The summed E-state index contributed by atoms with van der Waals surface area (Å²) in [4.78, 5) is 12.4. The smallest absolute Gasteiger partial charge is 0.211 e. The van der Waals surface area contributed by atoms with E-state index in [1.54, 1.807) is 14.2 Å². The molecule has 1 aliphatic rings. The van der Waals surface area contributed by atoms with E-state index in [1.165, 1.54) is 24.3 Å². The molecule has 1 heterocycles. The molecule has 1 aromatic carbocycles. The fourth-order valence-corrected chi connectivity index (χ4v) is 5.07. The van der Waals surface area contributed by atoms with Gasteiger partial charge in [0.15, 0.2) is 18.3 Å². The van der Waals surface area contributed by atoms with Crippen LogP contribution < -0.4 is 4.74 Å². The van der Waals surface area contributed by atoms with E-state index >= 15 is 0 Å². The first-order valence-electron chi connectivity index (χ1n) is 9.74. The average molecular weight is 414 g/mol. The summed E-state index contributed by atoms with van der Waals surface area (Å²) in [6.07, 6.45) is 1.53. The van der Waals surface area contributed by atoms with Crippen LogP contribution in [0.2, 0.25) is 0 Å². The maximum absolute atomic E-state index is 12.4. The van der Waals surface area contributed by atoms with Crippen LogP contribution in [0.3, 0.4) is 0 Å². The molecule has 0 saturated carbocycles. The lowest BCUT2D eigenvalue weighted by molar-refractivity contribution is -0.191. The molecule has 3 atom stereocenters. The molecule has 0 N–H and O–H groups in total. The van der Waals surface area contributed by atoms with Crippen molar-refractivity contribution < 1.29 is 28.5 Å². The molecule has 0 spiro atoms. The van der Waals surface area contributed by atoms with E-state index in [9.17, 15) is 4.79 Å². The van der Waals surface area contributed by atoms with Crippen molar-refractivity contribution >= 4 is 16.7 Å². The Morgan fingerprint density at radius 2 is 1.64 bits per heavy atom. The molecule has 1 fully saturated rings. The zero-order valence-electron chi connectivity index (χ0n) is 17.3. The van der Waals surface area contributed by atoms with Crippen LogP contribution in [-0.2, 0) is 29.8 Å². The predicted molar refractivity (Wildman–Crippen MR) is 111 cm³/mol. The van der Waals surface area contributed by atoms with E-state index < -0.39 is 0 Å². The van der Waals surface area contributed by atoms with E-state index in [2.05, 4.69) is 0 Å². The third kappa shape index (κ3) is 8.09. The summed E-state index contributed by atoms with van der Waals surface area (Å²) in [5, 5.41) is 0. The minimum absolute atomic E-state index is 0.230. The van der Waals surface area contributed by atoms with Gasteiger partial charge in [0.05, 0.1) is 6.61 Å². The van der Waals surface area contributed by atoms with E-state index in [4.69, 9.17) is 23.7 Å². The molecule has 0 bridgehead atoms. The summed E-state index contributed by atoms with van der Waals surface area (Å²) >= 11 is 0. The Labute approximate surface area is 171 Å². The molecule has 3 unspecified atom stereocenters. The van der Waals surface area contributed by atoms with Crippen LogP contribution in [0.1, 0.15) is 37.0 Å². The van der Waals surface area contributed by atoms with Crippen LogP contribution in [0.25, 0.3) is 0 Å². The van der Waals surface area contributed by atoms with Gasteiger partial charge in [-0.1, -0.05) is 0 Å². The zero-order chi connectivity index (χ0) is 20.4. The molecule has 0 amide bonds. The number of ether oxygens (including phenoxy) is 5. The lowest BCUT2D eigenvalue weighted by atomic mass is 10.1. The third-order valence-corrected chi connectivity index (χ3v) is 7.03. The normalized spacial score (nSPS) is 18.0. The fraction of sp³-hybridized carbons (Fsp3) is 0.667. The second-order valence-corrected chi connectivity index (χ2v) is 9.16. The van der Waals surface area contributed by atoms with Gasteiger partial charge in [0, 0.05) is 19.8 Å². The lowest BCUT2D eigenvalue weighted by Gasteiger charge is -2.23. The second-order valence-electron chi connectivity index (χ2n) is 6.83. The number of hydrogen-bond donors (Lipinski definition) is 0. The number of carbonyl (C=O) groups excluding carboxylic acids is 1. The highest BCUT2D eigenvalue weighted by Crippen LogP contribution is 2.18.